The fourth-order valence-electron chi connectivity index (χ4n) is 2.23. The Morgan fingerprint density at radius 3 is 2.94 bits per heavy atom. The maximum absolute atomic E-state index is 13.5. The Labute approximate surface area is 96.5 Å². The molecule has 0 aliphatic carbocycles. The van der Waals surface area contributed by atoms with Gasteiger partial charge in [-0.2, -0.15) is 0 Å². The highest BCUT2D eigenvalue weighted by atomic mass is 19.1. The molecule has 0 saturated carbocycles. The number of nitrogens with zero attached hydrogens (tertiary/aromatic N) is 1. The van der Waals surface area contributed by atoms with E-state index in [-0.39, 0.29) is 5.82 Å². The zero-order valence-electron chi connectivity index (χ0n) is 9.96. The molecule has 3 heteroatoms. The molecule has 2 rings (SSSR count). The number of halogens is 1. The molecule has 2 nitrogen and oxygen atoms in total. The van der Waals surface area contributed by atoms with Crippen LogP contribution in [0.2, 0.25) is 0 Å². The fraction of sp³-hybridized carbons (Fsp3) is 0.538. The first kappa shape index (κ1) is 11.4. The normalized spacial score (nSPS) is 21.2. The van der Waals surface area contributed by atoms with E-state index in [4.69, 9.17) is 0 Å². The standard InChI is InChI=1S/C13H19FN2/c1-10-5-6-12(8-13(10)14)16-7-3-4-11(9-16)15-2/h5-6,8,11,15H,3-4,7,9H2,1-2H3. The first-order chi connectivity index (χ1) is 7.70. The van der Waals surface area contributed by atoms with Gasteiger partial charge in [0.05, 0.1) is 0 Å². The van der Waals surface area contributed by atoms with E-state index in [1.807, 2.05) is 19.2 Å². The second-order valence-electron chi connectivity index (χ2n) is 4.51. The van der Waals surface area contributed by atoms with Crippen molar-refractivity contribution in [1.29, 1.82) is 0 Å². The van der Waals surface area contributed by atoms with Gasteiger partial charge in [-0.05, 0) is 44.5 Å². The highest BCUT2D eigenvalue weighted by Gasteiger charge is 2.18. The van der Waals surface area contributed by atoms with Gasteiger partial charge in [0.2, 0.25) is 0 Å². The van der Waals surface area contributed by atoms with Crippen molar-refractivity contribution in [2.45, 2.75) is 25.8 Å². The average molecular weight is 222 g/mol. The summed E-state index contributed by atoms with van der Waals surface area (Å²) in [5.41, 5.74) is 1.72. The molecule has 0 spiro atoms. The Morgan fingerprint density at radius 2 is 2.25 bits per heavy atom. The third-order valence-electron chi connectivity index (χ3n) is 3.35. The summed E-state index contributed by atoms with van der Waals surface area (Å²) in [6.45, 7) is 3.80. The first-order valence-corrected chi connectivity index (χ1v) is 5.89. The molecule has 1 N–H and O–H groups in total. The Balaban J connectivity index is 2.13. The topological polar surface area (TPSA) is 15.3 Å². The predicted octanol–water partition coefficient (Wildman–Crippen LogP) is 2.32. The van der Waals surface area contributed by atoms with Crippen LogP contribution in [0.25, 0.3) is 0 Å². The van der Waals surface area contributed by atoms with Crippen LogP contribution in [0.1, 0.15) is 18.4 Å². The molecule has 0 radical (unpaired) electrons. The van der Waals surface area contributed by atoms with Crippen LogP contribution in [0.3, 0.4) is 0 Å². The van der Waals surface area contributed by atoms with E-state index < -0.39 is 0 Å². The van der Waals surface area contributed by atoms with Crippen LogP contribution in [0.4, 0.5) is 10.1 Å². The largest absolute Gasteiger partial charge is 0.370 e. The summed E-state index contributed by atoms with van der Waals surface area (Å²) in [6.07, 6.45) is 2.38. The van der Waals surface area contributed by atoms with Crippen LogP contribution < -0.4 is 10.2 Å². The molecular weight excluding hydrogens is 203 g/mol. The molecule has 1 atom stereocenters. The molecule has 1 aliphatic rings. The summed E-state index contributed by atoms with van der Waals surface area (Å²) < 4.78 is 13.5. The summed E-state index contributed by atoms with van der Waals surface area (Å²) >= 11 is 0. The molecule has 0 aromatic heterocycles. The minimum Gasteiger partial charge on any atom is -0.370 e. The van der Waals surface area contributed by atoms with E-state index in [1.165, 1.54) is 12.8 Å². The fourth-order valence-corrected chi connectivity index (χ4v) is 2.23. The number of aryl methyl sites for hydroxylation is 1. The second kappa shape index (κ2) is 4.83. The molecule has 1 heterocycles. The quantitative estimate of drug-likeness (QED) is 0.826. The monoisotopic (exact) mass is 222 g/mol. The van der Waals surface area contributed by atoms with Crippen molar-refractivity contribution >= 4 is 5.69 Å². The number of anilines is 1. The van der Waals surface area contributed by atoms with Crippen molar-refractivity contribution in [3.05, 3.63) is 29.6 Å². The first-order valence-electron chi connectivity index (χ1n) is 5.89. The molecule has 16 heavy (non-hydrogen) atoms. The third-order valence-corrected chi connectivity index (χ3v) is 3.35. The minimum atomic E-state index is -0.107. The Hall–Kier alpha value is -1.09. The van der Waals surface area contributed by atoms with Crippen molar-refractivity contribution < 1.29 is 4.39 Å². The zero-order chi connectivity index (χ0) is 11.5. The molecule has 1 aromatic carbocycles. The summed E-state index contributed by atoms with van der Waals surface area (Å²) in [6, 6.07) is 6.04. The lowest BCUT2D eigenvalue weighted by molar-refractivity contribution is 0.449. The van der Waals surface area contributed by atoms with Gasteiger partial charge in [0.1, 0.15) is 5.82 Å². The molecule has 88 valence electrons. The highest BCUT2D eigenvalue weighted by Crippen LogP contribution is 2.22. The Kier molecular flexibility index (Phi) is 3.44. The molecule has 0 amide bonds. The lowest BCUT2D eigenvalue weighted by Crippen LogP contribution is -2.44. The van der Waals surface area contributed by atoms with Gasteiger partial charge in [0.25, 0.3) is 0 Å². The third kappa shape index (κ3) is 2.35. The van der Waals surface area contributed by atoms with Crippen LogP contribution in [-0.2, 0) is 0 Å². The van der Waals surface area contributed by atoms with Crippen molar-refractivity contribution in [2.75, 3.05) is 25.0 Å². The number of likely N-dealkylation sites (N-methyl/N-ethyl adjacent to an activating group) is 1. The Morgan fingerprint density at radius 1 is 1.44 bits per heavy atom. The molecule has 0 bridgehead atoms. The maximum Gasteiger partial charge on any atom is 0.128 e. The number of rotatable bonds is 2. The van der Waals surface area contributed by atoms with Gasteiger partial charge >= 0.3 is 0 Å². The van der Waals surface area contributed by atoms with E-state index in [1.54, 1.807) is 13.0 Å². The number of piperidine rings is 1. The summed E-state index contributed by atoms with van der Waals surface area (Å²) in [5.74, 6) is -0.107. The number of hydrogen-bond acceptors (Lipinski definition) is 2. The van der Waals surface area contributed by atoms with Crippen LogP contribution in [0.5, 0.6) is 0 Å². The second-order valence-corrected chi connectivity index (χ2v) is 4.51. The maximum atomic E-state index is 13.5. The summed E-state index contributed by atoms with van der Waals surface area (Å²) in [5, 5.41) is 3.29. The van der Waals surface area contributed by atoms with E-state index in [0.29, 0.717) is 11.6 Å². The number of hydrogen-bond donors (Lipinski definition) is 1. The van der Waals surface area contributed by atoms with E-state index in [2.05, 4.69) is 10.2 Å². The summed E-state index contributed by atoms with van der Waals surface area (Å²) in [7, 11) is 1.99. The lowest BCUT2D eigenvalue weighted by atomic mass is 10.0. The van der Waals surface area contributed by atoms with Gasteiger partial charge in [-0.3, -0.25) is 0 Å². The highest BCUT2D eigenvalue weighted by molar-refractivity contribution is 5.48. The average Bonchev–Trinajstić information content (AvgIpc) is 2.33. The molecule has 1 fully saturated rings. The van der Waals surface area contributed by atoms with Gasteiger partial charge in [-0.1, -0.05) is 6.07 Å². The summed E-state index contributed by atoms with van der Waals surface area (Å²) in [4.78, 5) is 2.26. The Bertz CT molecular complexity index is 365. The van der Waals surface area contributed by atoms with Crippen molar-refractivity contribution in [1.82, 2.24) is 5.32 Å². The van der Waals surface area contributed by atoms with E-state index in [9.17, 15) is 4.39 Å². The SMILES string of the molecule is CNC1CCCN(c2ccc(C)c(F)c2)C1. The van der Waals surface area contributed by atoms with Crippen LogP contribution >= 0.6 is 0 Å². The van der Waals surface area contributed by atoms with Crippen LogP contribution in [-0.4, -0.2) is 26.2 Å². The molecular formula is C13H19FN2. The van der Waals surface area contributed by atoms with Gasteiger partial charge in [0.15, 0.2) is 0 Å². The van der Waals surface area contributed by atoms with E-state index >= 15 is 0 Å². The zero-order valence-corrected chi connectivity index (χ0v) is 9.96. The molecule has 1 aliphatic heterocycles. The molecule has 1 saturated heterocycles. The number of benzene rings is 1. The number of nitrogens with one attached hydrogen (secondary N) is 1. The van der Waals surface area contributed by atoms with Crippen LogP contribution in [0, 0.1) is 12.7 Å². The van der Waals surface area contributed by atoms with Crippen molar-refractivity contribution in [3.8, 4) is 0 Å². The molecule has 1 aromatic rings. The van der Waals surface area contributed by atoms with E-state index in [0.717, 1.165) is 18.8 Å². The predicted molar refractivity (Wildman–Crippen MR) is 65.4 cm³/mol. The van der Waals surface area contributed by atoms with Gasteiger partial charge in [-0.25, -0.2) is 4.39 Å². The lowest BCUT2D eigenvalue weighted by Gasteiger charge is -2.34. The minimum absolute atomic E-state index is 0.107. The smallest absolute Gasteiger partial charge is 0.128 e. The van der Waals surface area contributed by atoms with Gasteiger partial charge < -0.3 is 10.2 Å². The van der Waals surface area contributed by atoms with Crippen molar-refractivity contribution in [3.63, 3.8) is 0 Å². The molecule has 1 unspecified atom stereocenters. The van der Waals surface area contributed by atoms with Crippen LogP contribution in [0.15, 0.2) is 18.2 Å². The van der Waals surface area contributed by atoms with Gasteiger partial charge in [0, 0.05) is 24.8 Å². The van der Waals surface area contributed by atoms with Gasteiger partial charge in [-0.15, -0.1) is 0 Å². The van der Waals surface area contributed by atoms with Crippen molar-refractivity contribution in [2.24, 2.45) is 0 Å².